The summed E-state index contributed by atoms with van der Waals surface area (Å²) in [5.41, 5.74) is 5.11. The highest BCUT2D eigenvalue weighted by Gasteiger charge is 2.35. The maximum absolute atomic E-state index is 12.2. The van der Waals surface area contributed by atoms with Crippen molar-refractivity contribution < 1.29 is 13.3 Å². The van der Waals surface area contributed by atoms with Gasteiger partial charge in [-0.2, -0.15) is 0 Å². The van der Waals surface area contributed by atoms with Crippen LogP contribution in [0.25, 0.3) is 0 Å². The predicted octanol–water partition coefficient (Wildman–Crippen LogP) is 0.610. The van der Waals surface area contributed by atoms with E-state index in [0.717, 1.165) is 12.8 Å². The number of nitro groups is 1. The Morgan fingerprint density at radius 2 is 2.05 bits per heavy atom. The largest absolute Gasteiger partial charge is 0.329 e. The maximum atomic E-state index is 12.2. The van der Waals surface area contributed by atoms with Gasteiger partial charge in [0.25, 0.3) is 5.69 Å². The molecule has 7 nitrogen and oxygen atoms in total. The Balaban J connectivity index is 2.31. The van der Waals surface area contributed by atoms with Crippen molar-refractivity contribution in [2.24, 2.45) is 11.7 Å². The smallest absolute Gasteiger partial charge is 0.289 e. The molecule has 19 heavy (non-hydrogen) atoms. The molecule has 3 N–H and O–H groups in total. The van der Waals surface area contributed by atoms with Crippen molar-refractivity contribution in [2.75, 3.05) is 6.54 Å². The van der Waals surface area contributed by atoms with Gasteiger partial charge in [0, 0.05) is 18.7 Å². The van der Waals surface area contributed by atoms with E-state index in [1.165, 1.54) is 24.3 Å². The van der Waals surface area contributed by atoms with Gasteiger partial charge in [-0.3, -0.25) is 10.1 Å². The Hall–Kier alpha value is -1.51. The van der Waals surface area contributed by atoms with Crippen molar-refractivity contribution in [2.45, 2.75) is 23.8 Å². The summed E-state index contributed by atoms with van der Waals surface area (Å²) in [7, 11) is -3.92. The summed E-state index contributed by atoms with van der Waals surface area (Å²) >= 11 is 0. The van der Waals surface area contributed by atoms with Gasteiger partial charge in [0.05, 0.1) is 4.92 Å². The minimum absolute atomic E-state index is 0.185. The van der Waals surface area contributed by atoms with Crippen LogP contribution in [0.3, 0.4) is 0 Å². The Morgan fingerprint density at radius 1 is 1.42 bits per heavy atom. The Bertz CT molecular complexity index is 583. The first-order chi connectivity index (χ1) is 8.95. The number of nitrogens with one attached hydrogen (secondary N) is 1. The standard InChI is InChI=1S/C11H15N3O4S/c12-7-9(8-5-6-8)13-19(17,18)11-4-2-1-3-10(11)14(15)16/h1-4,8-9,13H,5-7,12H2/t9-/m1/s1. The van der Waals surface area contributed by atoms with Gasteiger partial charge in [-0.1, -0.05) is 12.1 Å². The summed E-state index contributed by atoms with van der Waals surface area (Å²) in [6, 6.07) is 4.92. The molecular formula is C11H15N3O4S. The van der Waals surface area contributed by atoms with Crippen LogP contribution in [-0.2, 0) is 10.0 Å². The zero-order valence-corrected chi connectivity index (χ0v) is 11.0. The monoisotopic (exact) mass is 285 g/mol. The SMILES string of the molecule is NC[C@@H](NS(=O)(=O)c1ccccc1[N+](=O)[O-])C1CC1. The van der Waals surface area contributed by atoms with Crippen LogP contribution in [0, 0.1) is 16.0 Å². The highest BCUT2D eigenvalue weighted by Crippen LogP contribution is 2.33. The quantitative estimate of drug-likeness (QED) is 0.587. The molecule has 1 aliphatic carbocycles. The van der Waals surface area contributed by atoms with Crippen LogP contribution in [-0.4, -0.2) is 25.9 Å². The average molecular weight is 285 g/mol. The number of nitrogens with two attached hydrogens (primary N) is 1. The number of rotatable bonds is 6. The second kappa shape index (κ2) is 5.24. The van der Waals surface area contributed by atoms with Crippen LogP contribution in [0.2, 0.25) is 0 Å². The summed E-state index contributed by atoms with van der Waals surface area (Å²) in [6.45, 7) is 0.185. The Kier molecular flexibility index (Phi) is 3.83. The Labute approximate surface area is 111 Å². The van der Waals surface area contributed by atoms with E-state index < -0.39 is 20.6 Å². The molecule has 1 atom stereocenters. The maximum Gasteiger partial charge on any atom is 0.289 e. The number of para-hydroxylation sites is 1. The van der Waals surface area contributed by atoms with Crippen LogP contribution < -0.4 is 10.5 Å². The number of benzene rings is 1. The minimum atomic E-state index is -3.92. The molecule has 0 unspecified atom stereocenters. The fourth-order valence-electron chi connectivity index (χ4n) is 1.93. The molecule has 1 fully saturated rings. The molecule has 1 aliphatic rings. The molecule has 8 heteroatoms. The fourth-order valence-corrected chi connectivity index (χ4v) is 3.42. The first-order valence-corrected chi connectivity index (χ1v) is 7.40. The molecule has 0 aliphatic heterocycles. The molecule has 1 aromatic rings. The molecule has 0 spiro atoms. The lowest BCUT2D eigenvalue weighted by atomic mass is 10.2. The zero-order chi connectivity index (χ0) is 14.0. The third-order valence-corrected chi connectivity index (χ3v) is 4.64. The first kappa shape index (κ1) is 13.9. The second-order valence-corrected chi connectivity index (χ2v) is 6.21. The van der Waals surface area contributed by atoms with Gasteiger partial charge in [0.15, 0.2) is 4.90 Å². The zero-order valence-electron chi connectivity index (χ0n) is 10.2. The third kappa shape index (κ3) is 3.09. The highest BCUT2D eigenvalue weighted by molar-refractivity contribution is 7.89. The summed E-state index contributed by atoms with van der Waals surface area (Å²) in [4.78, 5) is 9.83. The summed E-state index contributed by atoms with van der Waals surface area (Å²) in [6.07, 6.45) is 1.86. The van der Waals surface area contributed by atoms with Crippen LogP contribution >= 0.6 is 0 Å². The molecule has 0 amide bonds. The highest BCUT2D eigenvalue weighted by atomic mass is 32.2. The molecule has 0 radical (unpaired) electrons. The second-order valence-electron chi connectivity index (χ2n) is 4.53. The molecule has 104 valence electrons. The van der Waals surface area contributed by atoms with E-state index >= 15 is 0 Å². The van der Waals surface area contributed by atoms with Crippen molar-refractivity contribution in [3.63, 3.8) is 0 Å². The fraction of sp³-hybridized carbons (Fsp3) is 0.455. The summed E-state index contributed by atoms with van der Waals surface area (Å²) < 4.78 is 26.8. The van der Waals surface area contributed by atoms with Gasteiger partial charge in [-0.15, -0.1) is 0 Å². The van der Waals surface area contributed by atoms with Crippen molar-refractivity contribution in [1.82, 2.24) is 4.72 Å². The molecule has 2 rings (SSSR count). The van der Waals surface area contributed by atoms with Gasteiger partial charge < -0.3 is 5.73 Å². The van der Waals surface area contributed by atoms with E-state index in [9.17, 15) is 18.5 Å². The first-order valence-electron chi connectivity index (χ1n) is 5.91. The van der Waals surface area contributed by atoms with Crippen LogP contribution in [0.4, 0.5) is 5.69 Å². The van der Waals surface area contributed by atoms with Gasteiger partial charge >= 0.3 is 0 Å². The topological polar surface area (TPSA) is 115 Å². The molecular weight excluding hydrogens is 270 g/mol. The molecule has 0 heterocycles. The lowest BCUT2D eigenvalue weighted by Gasteiger charge is -2.16. The number of sulfonamides is 1. The number of hydrogen-bond acceptors (Lipinski definition) is 5. The van der Waals surface area contributed by atoms with Crippen LogP contribution in [0.15, 0.2) is 29.2 Å². The van der Waals surface area contributed by atoms with Crippen LogP contribution in [0.1, 0.15) is 12.8 Å². The summed E-state index contributed by atoms with van der Waals surface area (Å²) in [5.74, 6) is 0.238. The minimum Gasteiger partial charge on any atom is -0.329 e. The number of hydrogen-bond donors (Lipinski definition) is 2. The van der Waals surface area contributed by atoms with E-state index in [1.807, 2.05) is 0 Å². The molecule has 1 saturated carbocycles. The van der Waals surface area contributed by atoms with Gasteiger partial charge in [0.1, 0.15) is 0 Å². The van der Waals surface area contributed by atoms with E-state index in [4.69, 9.17) is 5.73 Å². The third-order valence-electron chi connectivity index (χ3n) is 3.10. The van der Waals surface area contributed by atoms with E-state index in [0.29, 0.717) is 0 Å². The Morgan fingerprint density at radius 3 is 2.58 bits per heavy atom. The molecule has 0 bridgehead atoms. The lowest BCUT2D eigenvalue weighted by Crippen LogP contribution is -2.41. The normalized spacial score (nSPS) is 17.1. The summed E-state index contributed by atoms with van der Waals surface area (Å²) in [5, 5.41) is 10.9. The van der Waals surface area contributed by atoms with Gasteiger partial charge in [-0.05, 0) is 24.8 Å². The van der Waals surface area contributed by atoms with Crippen molar-refractivity contribution in [3.05, 3.63) is 34.4 Å². The van der Waals surface area contributed by atoms with Crippen molar-refractivity contribution in [3.8, 4) is 0 Å². The molecule has 1 aromatic carbocycles. The van der Waals surface area contributed by atoms with Gasteiger partial charge in [0.2, 0.25) is 10.0 Å². The van der Waals surface area contributed by atoms with E-state index in [-0.39, 0.29) is 23.4 Å². The van der Waals surface area contributed by atoms with E-state index in [1.54, 1.807) is 0 Å². The molecule has 0 aromatic heterocycles. The van der Waals surface area contributed by atoms with Crippen molar-refractivity contribution >= 4 is 15.7 Å². The van der Waals surface area contributed by atoms with E-state index in [2.05, 4.69) is 4.72 Å². The number of nitro benzene ring substituents is 1. The average Bonchev–Trinajstić information content (AvgIpc) is 3.20. The predicted molar refractivity (Wildman–Crippen MR) is 69.0 cm³/mol. The van der Waals surface area contributed by atoms with Crippen LogP contribution in [0.5, 0.6) is 0 Å². The van der Waals surface area contributed by atoms with Gasteiger partial charge in [-0.25, -0.2) is 13.1 Å². The van der Waals surface area contributed by atoms with Crippen molar-refractivity contribution in [1.29, 1.82) is 0 Å². The molecule has 0 saturated heterocycles. The number of nitrogens with zero attached hydrogens (tertiary/aromatic N) is 1. The lowest BCUT2D eigenvalue weighted by molar-refractivity contribution is -0.387.